The second-order valence-corrected chi connectivity index (χ2v) is 5.14. The number of nitrogens with one attached hydrogen (secondary N) is 1. The van der Waals surface area contributed by atoms with E-state index in [0.29, 0.717) is 12.2 Å². The molecule has 1 unspecified atom stereocenters. The second-order valence-electron chi connectivity index (χ2n) is 5.14. The minimum atomic E-state index is -0.202. The molecule has 1 aromatic heterocycles. The van der Waals surface area contributed by atoms with Crippen molar-refractivity contribution < 1.29 is 4.79 Å². The van der Waals surface area contributed by atoms with E-state index in [4.69, 9.17) is 5.73 Å². The molecule has 0 saturated heterocycles. The third kappa shape index (κ3) is 2.28. The number of fused-ring (bicyclic) bond motifs is 1. The van der Waals surface area contributed by atoms with Crippen molar-refractivity contribution in [1.29, 1.82) is 0 Å². The number of anilines is 1. The van der Waals surface area contributed by atoms with Crippen molar-refractivity contribution in [2.75, 3.05) is 5.32 Å². The van der Waals surface area contributed by atoms with Crippen LogP contribution >= 0.6 is 0 Å². The van der Waals surface area contributed by atoms with Gasteiger partial charge in [-0.2, -0.15) is 0 Å². The predicted molar refractivity (Wildman–Crippen MR) is 77.1 cm³/mol. The van der Waals surface area contributed by atoms with Crippen molar-refractivity contribution >= 4 is 11.6 Å². The monoisotopic (exact) mass is 268 g/mol. The van der Waals surface area contributed by atoms with Crippen LogP contribution in [0.3, 0.4) is 0 Å². The van der Waals surface area contributed by atoms with Gasteiger partial charge in [0.2, 0.25) is 5.91 Å². The highest BCUT2D eigenvalue weighted by Crippen LogP contribution is 2.28. The molecule has 1 amide bonds. The summed E-state index contributed by atoms with van der Waals surface area (Å²) in [7, 11) is 0. The third-order valence-electron chi connectivity index (χ3n) is 3.30. The highest BCUT2D eigenvalue weighted by atomic mass is 16.1. The van der Waals surface area contributed by atoms with Gasteiger partial charge in [-0.3, -0.25) is 4.79 Å². The zero-order valence-electron chi connectivity index (χ0n) is 11.5. The molecule has 0 saturated carbocycles. The Morgan fingerprint density at radius 3 is 2.85 bits per heavy atom. The number of aryl methyl sites for hydroxylation is 1. The topological polar surface area (TPSA) is 80.9 Å². The normalized spacial score (nSPS) is 14.8. The van der Waals surface area contributed by atoms with E-state index in [1.807, 2.05) is 38.1 Å². The van der Waals surface area contributed by atoms with Crippen LogP contribution in [0, 0.1) is 6.92 Å². The predicted octanol–water partition coefficient (Wildman–Crippen LogP) is 1.97. The molecular formula is C15H16N4O. The Balaban J connectivity index is 2.06. The minimum Gasteiger partial charge on any atom is -0.326 e. The smallest absolute Gasteiger partial charge is 0.228 e. The van der Waals surface area contributed by atoms with Gasteiger partial charge in [0.1, 0.15) is 5.82 Å². The maximum atomic E-state index is 11.4. The summed E-state index contributed by atoms with van der Waals surface area (Å²) in [6, 6.07) is 7.60. The van der Waals surface area contributed by atoms with Crippen molar-refractivity contribution in [2.24, 2.45) is 5.73 Å². The zero-order chi connectivity index (χ0) is 14.3. The number of hydrogen-bond donors (Lipinski definition) is 2. The van der Waals surface area contributed by atoms with E-state index in [-0.39, 0.29) is 11.9 Å². The zero-order valence-corrected chi connectivity index (χ0v) is 11.5. The van der Waals surface area contributed by atoms with E-state index in [0.717, 1.165) is 28.2 Å². The lowest BCUT2D eigenvalue weighted by atomic mass is 10.1. The van der Waals surface area contributed by atoms with Crippen LogP contribution in [0.25, 0.3) is 11.3 Å². The first-order valence-electron chi connectivity index (χ1n) is 6.57. The Morgan fingerprint density at radius 2 is 2.10 bits per heavy atom. The third-order valence-corrected chi connectivity index (χ3v) is 3.30. The number of aromatic nitrogens is 2. The van der Waals surface area contributed by atoms with E-state index in [1.54, 1.807) is 0 Å². The molecule has 1 aliphatic rings. The van der Waals surface area contributed by atoms with Crippen LogP contribution < -0.4 is 11.1 Å². The van der Waals surface area contributed by atoms with E-state index in [9.17, 15) is 4.79 Å². The Hall–Kier alpha value is -2.27. The van der Waals surface area contributed by atoms with Crippen molar-refractivity contribution in [1.82, 2.24) is 9.97 Å². The molecule has 102 valence electrons. The highest BCUT2D eigenvalue weighted by molar-refractivity contribution is 5.99. The van der Waals surface area contributed by atoms with Crippen LogP contribution in [0.15, 0.2) is 24.3 Å². The van der Waals surface area contributed by atoms with Crippen molar-refractivity contribution in [3.8, 4) is 11.3 Å². The fourth-order valence-corrected chi connectivity index (χ4v) is 2.33. The van der Waals surface area contributed by atoms with Crippen LogP contribution in [0.4, 0.5) is 5.69 Å². The quantitative estimate of drug-likeness (QED) is 0.872. The van der Waals surface area contributed by atoms with Gasteiger partial charge in [0, 0.05) is 16.9 Å². The van der Waals surface area contributed by atoms with Crippen molar-refractivity contribution in [2.45, 2.75) is 26.3 Å². The Bertz CT molecular complexity index is 694. The van der Waals surface area contributed by atoms with Gasteiger partial charge in [0.25, 0.3) is 0 Å². The lowest BCUT2D eigenvalue weighted by Crippen LogP contribution is -2.11. The average molecular weight is 268 g/mol. The SMILES string of the molecule is Cc1cc(-c2ccc3c(c2)CC(=O)N3)nc(C(C)N)n1. The first-order valence-corrected chi connectivity index (χ1v) is 6.57. The molecule has 0 spiro atoms. The van der Waals surface area contributed by atoms with Gasteiger partial charge in [0.15, 0.2) is 0 Å². The number of rotatable bonds is 2. The molecule has 1 aliphatic heterocycles. The molecule has 2 aromatic rings. The second kappa shape index (κ2) is 4.68. The van der Waals surface area contributed by atoms with E-state index in [2.05, 4.69) is 15.3 Å². The van der Waals surface area contributed by atoms with Crippen LogP contribution in [0.2, 0.25) is 0 Å². The van der Waals surface area contributed by atoms with Gasteiger partial charge in [0.05, 0.1) is 18.2 Å². The summed E-state index contributed by atoms with van der Waals surface area (Å²) < 4.78 is 0. The molecule has 3 rings (SSSR count). The molecule has 0 fully saturated rings. The van der Waals surface area contributed by atoms with E-state index < -0.39 is 0 Å². The van der Waals surface area contributed by atoms with Crippen LogP contribution in [0.5, 0.6) is 0 Å². The lowest BCUT2D eigenvalue weighted by molar-refractivity contribution is -0.115. The first-order chi connectivity index (χ1) is 9.52. The van der Waals surface area contributed by atoms with Crippen LogP contribution in [0.1, 0.15) is 30.0 Å². The van der Waals surface area contributed by atoms with Crippen molar-refractivity contribution in [3.63, 3.8) is 0 Å². The lowest BCUT2D eigenvalue weighted by Gasteiger charge is -2.09. The number of benzene rings is 1. The molecule has 3 N–H and O–H groups in total. The van der Waals surface area contributed by atoms with E-state index >= 15 is 0 Å². The molecule has 1 aromatic carbocycles. The molecule has 0 radical (unpaired) electrons. The van der Waals surface area contributed by atoms with Gasteiger partial charge in [-0.25, -0.2) is 9.97 Å². The maximum Gasteiger partial charge on any atom is 0.228 e. The summed E-state index contributed by atoms with van der Waals surface area (Å²) >= 11 is 0. The highest BCUT2D eigenvalue weighted by Gasteiger charge is 2.18. The molecule has 2 heterocycles. The van der Waals surface area contributed by atoms with Gasteiger partial charge in [-0.05, 0) is 37.6 Å². The summed E-state index contributed by atoms with van der Waals surface area (Å²) in [4.78, 5) is 20.2. The fraction of sp³-hybridized carbons (Fsp3) is 0.267. The van der Waals surface area contributed by atoms with Gasteiger partial charge >= 0.3 is 0 Å². The molecule has 0 bridgehead atoms. The fourth-order valence-electron chi connectivity index (χ4n) is 2.33. The summed E-state index contributed by atoms with van der Waals surface area (Å²) in [5.41, 5.74) is 10.5. The number of hydrogen-bond acceptors (Lipinski definition) is 4. The molecular weight excluding hydrogens is 252 g/mol. The largest absolute Gasteiger partial charge is 0.326 e. The van der Waals surface area contributed by atoms with Gasteiger partial charge < -0.3 is 11.1 Å². The minimum absolute atomic E-state index is 0.0345. The molecule has 5 heteroatoms. The summed E-state index contributed by atoms with van der Waals surface area (Å²) in [6.45, 7) is 3.79. The Labute approximate surface area is 117 Å². The van der Waals surface area contributed by atoms with Gasteiger partial charge in [-0.1, -0.05) is 6.07 Å². The molecule has 5 nitrogen and oxygen atoms in total. The van der Waals surface area contributed by atoms with Crippen molar-refractivity contribution in [3.05, 3.63) is 41.3 Å². The molecule has 0 aliphatic carbocycles. The number of nitrogens with zero attached hydrogens (tertiary/aromatic N) is 2. The maximum absolute atomic E-state index is 11.4. The Kier molecular flexibility index (Phi) is 2.99. The van der Waals surface area contributed by atoms with Gasteiger partial charge in [-0.15, -0.1) is 0 Å². The number of carbonyl (C=O) groups is 1. The van der Waals surface area contributed by atoms with E-state index in [1.165, 1.54) is 0 Å². The first kappa shape index (κ1) is 12.7. The number of nitrogens with two attached hydrogens (primary N) is 1. The summed E-state index contributed by atoms with van der Waals surface area (Å²) in [5.74, 6) is 0.669. The summed E-state index contributed by atoms with van der Waals surface area (Å²) in [6.07, 6.45) is 0.424. The average Bonchev–Trinajstić information content (AvgIpc) is 2.76. The Morgan fingerprint density at radius 1 is 1.30 bits per heavy atom. The standard InChI is InChI=1S/C15H16N4O/c1-8-5-13(19-15(17-8)9(2)16)10-3-4-12-11(6-10)7-14(20)18-12/h3-6,9H,7,16H2,1-2H3,(H,18,20). The van der Waals surface area contributed by atoms with Crippen LogP contribution in [-0.2, 0) is 11.2 Å². The summed E-state index contributed by atoms with van der Waals surface area (Å²) in [5, 5.41) is 2.83. The van der Waals surface area contributed by atoms with Crippen LogP contribution in [-0.4, -0.2) is 15.9 Å². The molecule has 20 heavy (non-hydrogen) atoms. The number of amides is 1. The molecule has 1 atom stereocenters. The number of carbonyl (C=O) groups excluding carboxylic acids is 1.